The first kappa shape index (κ1) is 31.5. The Kier molecular flexibility index (Phi) is 17.2. The third-order valence-electron chi connectivity index (χ3n) is 5.02. The summed E-state index contributed by atoms with van der Waals surface area (Å²) in [6, 6.07) is 5.81. The van der Waals surface area contributed by atoms with Crippen molar-refractivity contribution in [1.29, 1.82) is 0 Å². The van der Waals surface area contributed by atoms with Gasteiger partial charge in [0.1, 0.15) is 30.6 Å². The fourth-order valence-corrected chi connectivity index (χ4v) is 3.67. The molecule has 0 radical (unpaired) electrons. The van der Waals surface area contributed by atoms with E-state index in [1.54, 1.807) is 13.0 Å². The topological polar surface area (TPSA) is 135 Å². The Bertz CT molecular complexity index is 814. The number of ether oxygens (including phenoxy) is 3. The van der Waals surface area contributed by atoms with Crippen LogP contribution in [-0.4, -0.2) is 49.1 Å². The van der Waals surface area contributed by atoms with Gasteiger partial charge in [-0.3, -0.25) is 4.79 Å². The number of benzene rings is 1. The number of rotatable bonds is 19. The summed E-state index contributed by atoms with van der Waals surface area (Å²) in [4.78, 5) is 35.5. The standard InChI is InChI=1S/C25H38O10P/c1-3-5-6-7-8-9-10-11-12-17-23(27)32-18-20(26)19-33-36(30)35-25(29)34-22-16-14-13-15-21(22)24(28)31-4-2/h13-16,20,26H,3-12,17-19H2,1-2H3/q+1. The van der Waals surface area contributed by atoms with Crippen LogP contribution >= 0.6 is 8.25 Å². The lowest BCUT2D eigenvalue weighted by Gasteiger charge is -2.08. The fraction of sp³-hybridized carbons (Fsp3) is 0.640. The van der Waals surface area contributed by atoms with Crippen molar-refractivity contribution in [3.8, 4) is 5.75 Å². The molecule has 1 aromatic rings. The molecule has 0 amide bonds. The predicted molar refractivity (Wildman–Crippen MR) is 132 cm³/mol. The molecule has 2 unspecified atom stereocenters. The van der Waals surface area contributed by atoms with Crippen molar-refractivity contribution in [3.63, 3.8) is 0 Å². The first-order valence-corrected chi connectivity index (χ1v) is 13.6. The van der Waals surface area contributed by atoms with Gasteiger partial charge in [-0.15, -0.1) is 9.05 Å². The average molecular weight is 530 g/mol. The molecule has 0 aromatic heterocycles. The molecule has 11 heteroatoms. The zero-order valence-corrected chi connectivity index (χ0v) is 22.0. The van der Waals surface area contributed by atoms with Gasteiger partial charge < -0.3 is 19.3 Å². The molecular weight excluding hydrogens is 491 g/mol. The Hall–Kier alpha value is -2.55. The van der Waals surface area contributed by atoms with Crippen molar-refractivity contribution in [1.82, 2.24) is 0 Å². The number of aliphatic hydroxyl groups excluding tert-OH is 1. The van der Waals surface area contributed by atoms with E-state index in [2.05, 4.69) is 11.4 Å². The highest BCUT2D eigenvalue weighted by Crippen LogP contribution is 2.27. The Labute approximate surface area is 213 Å². The van der Waals surface area contributed by atoms with Gasteiger partial charge in [0.25, 0.3) is 0 Å². The molecule has 1 N–H and O–H groups in total. The summed E-state index contributed by atoms with van der Waals surface area (Å²) in [6.45, 7) is 3.13. The lowest BCUT2D eigenvalue weighted by Crippen LogP contribution is -2.23. The second kappa shape index (κ2) is 19.6. The van der Waals surface area contributed by atoms with Gasteiger partial charge in [-0.05, 0) is 25.5 Å². The third kappa shape index (κ3) is 14.8. The van der Waals surface area contributed by atoms with Crippen LogP contribution in [0.1, 0.15) is 88.4 Å². The normalized spacial score (nSPS) is 11.9. The van der Waals surface area contributed by atoms with Crippen molar-refractivity contribution in [2.24, 2.45) is 0 Å². The van der Waals surface area contributed by atoms with Gasteiger partial charge in [0.2, 0.25) is 0 Å². The highest BCUT2D eigenvalue weighted by molar-refractivity contribution is 7.34. The molecule has 0 aliphatic heterocycles. The SMILES string of the molecule is CCCCCCCCCCCC(=O)OCC(O)CO[P+](=O)OC(=O)Oc1ccccc1C(=O)OCC. The van der Waals surface area contributed by atoms with Gasteiger partial charge in [-0.2, -0.15) is 4.79 Å². The second-order valence-electron chi connectivity index (χ2n) is 8.09. The smallest absolute Gasteiger partial charge is 0.463 e. The van der Waals surface area contributed by atoms with Crippen LogP contribution in [-0.2, 0) is 27.9 Å². The van der Waals surface area contributed by atoms with Gasteiger partial charge in [-0.25, -0.2) is 4.79 Å². The van der Waals surface area contributed by atoms with E-state index in [1.807, 2.05) is 0 Å². The van der Waals surface area contributed by atoms with Gasteiger partial charge in [-0.1, -0.05) is 70.4 Å². The van der Waals surface area contributed by atoms with Crippen molar-refractivity contribution in [2.45, 2.75) is 84.2 Å². The molecule has 36 heavy (non-hydrogen) atoms. The molecule has 1 rings (SSSR count). The maximum atomic E-state index is 11.9. The summed E-state index contributed by atoms with van der Waals surface area (Å²) >= 11 is 0. The molecule has 0 saturated carbocycles. The minimum absolute atomic E-state index is 0.00732. The van der Waals surface area contributed by atoms with Crippen LogP contribution < -0.4 is 4.74 Å². The van der Waals surface area contributed by atoms with Crippen LogP contribution in [0.2, 0.25) is 0 Å². The van der Waals surface area contributed by atoms with Crippen LogP contribution in [0.3, 0.4) is 0 Å². The molecular formula is C25H38O10P+. The monoisotopic (exact) mass is 529 g/mol. The van der Waals surface area contributed by atoms with E-state index >= 15 is 0 Å². The number of unbranched alkanes of at least 4 members (excludes halogenated alkanes) is 8. The Morgan fingerprint density at radius 2 is 1.53 bits per heavy atom. The van der Waals surface area contributed by atoms with Gasteiger partial charge in [0.15, 0.2) is 0 Å². The van der Waals surface area contributed by atoms with Crippen LogP contribution in [0.15, 0.2) is 24.3 Å². The molecule has 202 valence electrons. The van der Waals surface area contributed by atoms with Gasteiger partial charge in [0.05, 0.1) is 6.61 Å². The molecule has 0 bridgehead atoms. The number of carbonyl (C=O) groups is 3. The second-order valence-corrected chi connectivity index (χ2v) is 8.98. The summed E-state index contributed by atoms with van der Waals surface area (Å²) in [5.74, 6) is -1.26. The first-order chi connectivity index (χ1) is 17.4. The zero-order valence-electron chi connectivity index (χ0n) is 21.1. The van der Waals surface area contributed by atoms with E-state index in [0.29, 0.717) is 0 Å². The minimum atomic E-state index is -2.97. The van der Waals surface area contributed by atoms with Crippen molar-refractivity contribution in [2.75, 3.05) is 19.8 Å². The summed E-state index contributed by atoms with van der Waals surface area (Å²) in [5.41, 5.74) is -0.00732. The van der Waals surface area contributed by atoms with Crippen LogP contribution in [0.5, 0.6) is 5.75 Å². The van der Waals surface area contributed by atoms with Crippen LogP contribution in [0.25, 0.3) is 0 Å². The lowest BCUT2D eigenvalue weighted by molar-refractivity contribution is -0.147. The Morgan fingerprint density at radius 1 is 0.889 bits per heavy atom. The number of hydrogen-bond donors (Lipinski definition) is 1. The number of para-hydroxylation sites is 1. The lowest BCUT2D eigenvalue weighted by atomic mass is 10.1. The zero-order chi connectivity index (χ0) is 26.6. The Balaban J connectivity index is 2.18. The molecule has 10 nitrogen and oxygen atoms in total. The Morgan fingerprint density at radius 3 is 2.19 bits per heavy atom. The quantitative estimate of drug-likeness (QED) is 0.100. The number of carbonyl (C=O) groups excluding carboxylic acids is 3. The van der Waals surface area contributed by atoms with Crippen molar-refractivity contribution < 1.29 is 47.3 Å². The molecule has 0 heterocycles. The van der Waals surface area contributed by atoms with Crippen LogP contribution in [0, 0.1) is 0 Å². The molecule has 0 saturated heterocycles. The van der Waals surface area contributed by atoms with E-state index in [1.165, 1.54) is 56.7 Å². The number of aliphatic hydroxyl groups is 1. The van der Waals surface area contributed by atoms with E-state index < -0.39 is 39.1 Å². The highest BCUT2D eigenvalue weighted by Gasteiger charge is 2.30. The largest absolute Gasteiger partial charge is 0.756 e. The van der Waals surface area contributed by atoms with E-state index in [4.69, 9.17) is 18.7 Å². The third-order valence-corrected chi connectivity index (χ3v) is 5.68. The first-order valence-electron chi connectivity index (χ1n) is 12.5. The van der Waals surface area contributed by atoms with E-state index in [0.717, 1.165) is 19.3 Å². The minimum Gasteiger partial charge on any atom is -0.463 e. The number of hydrogen-bond acceptors (Lipinski definition) is 10. The van der Waals surface area contributed by atoms with Crippen molar-refractivity contribution >= 4 is 26.3 Å². The molecule has 0 aliphatic rings. The molecule has 2 atom stereocenters. The maximum absolute atomic E-state index is 11.9. The summed E-state index contributed by atoms with van der Waals surface area (Å²) < 4.78 is 35.8. The maximum Gasteiger partial charge on any atom is 0.756 e. The molecule has 0 aliphatic carbocycles. The summed E-state index contributed by atoms with van der Waals surface area (Å²) in [6.07, 6.45) is 7.86. The van der Waals surface area contributed by atoms with Gasteiger partial charge in [0, 0.05) is 11.0 Å². The molecule has 1 aromatic carbocycles. The average Bonchev–Trinajstić information content (AvgIpc) is 2.85. The molecule has 0 fully saturated rings. The van der Waals surface area contributed by atoms with E-state index in [-0.39, 0.29) is 30.9 Å². The predicted octanol–water partition coefficient (Wildman–Crippen LogP) is 5.88. The highest BCUT2D eigenvalue weighted by atomic mass is 31.1. The number of esters is 2. The summed E-state index contributed by atoms with van der Waals surface area (Å²) in [7, 11) is -2.97. The fourth-order valence-electron chi connectivity index (χ4n) is 3.17. The van der Waals surface area contributed by atoms with E-state index in [9.17, 15) is 24.1 Å². The molecule has 0 spiro atoms. The summed E-state index contributed by atoms with van der Waals surface area (Å²) in [5, 5.41) is 9.84. The van der Waals surface area contributed by atoms with Gasteiger partial charge >= 0.3 is 26.3 Å². The van der Waals surface area contributed by atoms with Crippen LogP contribution in [0.4, 0.5) is 4.79 Å². The van der Waals surface area contributed by atoms with Crippen molar-refractivity contribution in [3.05, 3.63) is 29.8 Å².